The summed E-state index contributed by atoms with van der Waals surface area (Å²) in [4.78, 5) is 21.3. The third-order valence-corrected chi connectivity index (χ3v) is 2.69. The molecule has 0 unspecified atom stereocenters. The van der Waals surface area contributed by atoms with Crippen LogP contribution in [0.15, 0.2) is 24.3 Å². The summed E-state index contributed by atoms with van der Waals surface area (Å²) in [6.45, 7) is 2.35. The Morgan fingerprint density at radius 1 is 1.05 bits per heavy atom. The predicted molar refractivity (Wildman–Crippen MR) is 74.2 cm³/mol. The molecular formula is C15H20O5. The summed E-state index contributed by atoms with van der Waals surface area (Å²) in [5.74, 6) is -0.155. The Bertz CT molecular complexity index is 424. The van der Waals surface area contributed by atoms with Crippen molar-refractivity contribution in [2.24, 2.45) is 0 Å². The fourth-order valence-corrected chi connectivity index (χ4v) is 1.62. The van der Waals surface area contributed by atoms with Crippen LogP contribution < -0.4 is 4.74 Å². The van der Waals surface area contributed by atoms with E-state index in [2.05, 4.69) is 0 Å². The Balaban J connectivity index is 2.06. The van der Waals surface area contributed by atoms with Gasteiger partial charge in [-0.3, -0.25) is 4.79 Å². The van der Waals surface area contributed by atoms with Crippen LogP contribution in [0.5, 0.6) is 5.75 Å². The van der Waals surface area contributed by atoms with Crippen molar-refractivity contribution >= 4 is 11.8 Å². The molecule has 20 heavy (non-hydrogen) atoms. The van der Waals surface area contributed by atoms with Gasteiger partial charge in [0.2, 0.25) is 0 Å². The number of ether oxygens (including phenoxy) is 2. The number of ketones is 1. The van der Waals surface area contributed by atoms with Crippen LogP contribution in [-0.4, -0.2) is 36.7 Å². The first-order valence-corrected chi connectivity index (χ1v) is 6.63. The Morgan fingerprint density at radius 3 is 2.30 bits per heavy atom. The standard InChI is InChI=1S/C15H20O5/c1-12(16)13-5-7-14(8-6-13)20-10-4-2-3-9-19-11-15(17)18/h5-8H,2-4,9-11H2,1H3,(H,17,18). The highest BCUT2D eigenvalue weighted by molar-refractivity contribution is 5.94. The number of rotatable bonds is 10. The van der Waals surface area contributed by atoms with Crippen LogP contribution in [-0.2, 0) is 9.53 Å². The molecule has 0 aliphatic rings. The largest absolute Gasteiger partial charge is 0.494 e. The molecule has 1 aromatic carbocycles. The molecule has 0 atom stereocenters. The van der Waals surface area contributed by atoms with E-state index in [0.29, 0.717) is 18.8 Å². The maximum atomic E-state index is 11.1. The average molecular weight is 280 g/mol. The highest BCUT2D eigenvalue weighted by Gasteiger charge is 2.00. The highest BCUT2D eigenvalue weighted by atomic mass is 16.5. The maximum absolute atomic E-state index is 11.1. The van der Waals surface area contributed by atoms with Gasteiger partial charge in [-0.25, -0.2) is 4.79 Å². The molecule has 110 valence electrons. The van der Waals surface area contributed by atoms with E-state index in [1.54, 1.807) is 24.3 Å². The lowest BCUT2D eigenvalue weighted by Crippen LogP contribution is -2.07. The molecule has 0 radical (unpaired) electrons. The molecule has 1 rings (SSSR count). The summed E-state index contributed by atoms with van der Waals surface area (Å²) >= 11 is 0. The Hall–Kier alpha value is -1.88. The summed E-state index contributed by atoms with van der Waals surface area (Å²) in [6.07, 6.45) is 2.62. The first-order valence-electron chi connectivity index (χ1n) is 6.63. The molecule has 0 amide bonds. The zero-order valence-corrected chi connectivity index (χ0v) is 11.6. The van der Waals surface area contributed by atoms with Crippen molar-refractivity contribution in [1.29, 1.82) is 0 Å². The number of carboxylic acids is 1. The molecular weight excluding hydrogens is 260 g/mol. The molecule has 1 aromatic rings. The third kappa shape index (κ3) is 6.89. The van der Waals surface area contributed by atoms with Gasteiger partial charge in [-0.2, -0.15) is 0 Å². The molecule has 0 saturated heterocycles. The van der Waals surface area contributed by atoms with Gasteiger partial charge in [0.15, 0.2) is 5.78 Å². The van der Waals surface area contributed by atoms with Crippen molar-refractivity contribution < 1.29 is 24.2 Å². The first kappa shape index (κ1) is 16.2. The smallest absolute Gasteiger partial charge is 0.329 e. The van der Waals surface area contributed by atoms with Crippen molar-refractivity contribution in [2.75, 3.05) is 19.8 Å². The lowest BCUT2D eigenvalue weighted by Gasteiger charge is -2.06. The number of benzene rings is 1. The predicted octanol–water partition coefficient (Wildman–Crippen LogP) is 2.54. The van der Waals surface area contributed by atoms with Gasteiger partial charge in [-0.05, 0) is 50.5 Å². The summed E-state index contributed by atoms with van der Waals surface area (Å²) < 4.78 is 10.5. The van der Waals surface area contributed by atoms with E-state index in [4.69, 9.17) is 14.6 Å². The normalized spacial score (nSPS) is 10.2. The number of carboxylic acid groups (broad SMARTS) is 1. The first-order chi connectivity index (χ1) is 9.59. The molecule has 5 nitrogen and oxygen atoms in total. The van der Waals surface area contributed by atoms with Crippen molar-refractivity contribution in [3.63, 3.8) is 0 Å². The number of carbonyl (C=O) groups excluding carboxylic acids is 1. The van der Waals surface area contributed by atoms with E-state index in [1.807, 2.05) is 0 Å². The molecule has 5 heteroatoms. The maximum Gasteiger partial charge on any atom is 0.329 e. The zero-order valence-electron chi connectivity index (χ0n) is 11.6. The summed E-state index contributed by atoms with van der Waals surface area (Å²) in [6, 6.07) is 7.06. The van der Waals surface area contributed by atoms with Gasteiger partial charge < -0.3 is 14.6 Å². The van der Waals surface area contributed by atoms with Gasteiger partial charge >= 0.3 is 5.97 Å². The lowest BCUT2D eigenvalue weighted by atomic mass is 10.1. The number of hydrogen-bond donors (Lipinski definition) is 1. The van der Waals surface area contributed by atoms with E-state index in [1.165, 1.54) is 6.92 Å². The summed E-state index contributed by atoms with van der Waals surface area (Å²) in [5, 5.41) is 8.37. The van der Waals surface area contributed by atoms with Crippen LogP contribution in [0.25, 0.3) is 0 Å². The second-order valence-corrected chi connectivity index (χ2v) is 4.44. The van der Waals surface area contributed by atoms with Gasteiger partial charge in [0.25, 0.3) is 0 Å². The van der Waals surface area contributed by atoms with Crippen LogP contribution in [0.2, 0.25) is 0 Å². The van der Waals surface area contributed by atoms with Gasteiger partial charge in [-0.15, -0.1) is 0 Å². The van der Waals surface area contributed by atoms with E-state index >= 15 is 0 Å². The van der Waals surface area contributed by atoms with Crippen molar-refractivity contribution in [2.45, 2.75) is 26.2 Å². The minimum absolute atomic E-state index is 0.0397. The lowest BCUT2D eigenvalue weighted by molar-refractivity contribution is -0.142. The van der Waals surface area contributed by atoms with Crippen molar-refractivity contribution in [1.82, 2.24) is 0 Å². The number of unbranched alkanes of at least 4 members (excludes halogenated alkanes) is 2. The third-order valence-electron chi connectivity index (χ3n) is 2.69. The highest BCUT2D eigenvalue weighted by Crippen LogP contribution is 2.13. The second-order valence-electron chi connectivity index (χ2n) is 4.44. The Labute approximate surface area is 118 Å². The quantitative estimate of drug-likeness (QED) is 0.526. The summed E-state index contributed by atoms with van der Waals surface area (Å²) in [7, 11) is 0. The molecule has 0 bridgehead atoms. The van der Waals surface area contributed by atoms with Crippen molar-refractivity contribution in [3.8, 4) is 5.75 Å². The van der Waals surface area contributed by atoms with Gasteiger partial charge in [0.05, 0.1) is 6.61 Å². The minimum Gasteiger partial charge on any atom is -0.494 e. The molecule has 1 N–H and O–H groups in total. The van der Waals surface area contributed by atoms with Crippen LogP contribution in [0.4, 0.5) is 0 Å². The van der Waals surface area contributed by atoms with Crippen molar-refractivity contribution in [3.05, 3.63) is 29.8 Å². The summed E-state index contributed by atoms with van der Waals surface area (Å²) in [5.41, 5.74) is 0.674. The van der Waals surface area contributed by atoms with Crippen LogP contribution in [0, 0.1) is 0 Å². The van der Waals surface area contributed by atoms with Crippen LogP contribution >= 0.6 is 0 Å². The van der Waals surface area contributed by atoms with Gasteiger partial charge in [0, 0.05) is 12.2 Å². The molecule has 0 heterocycles. The van der Waals surface area contributed by atoms with E-state index < -0.39 is 5.97 Å². The molecule has 0 spiro atoms. The molecule has 0 saturated carbocycles. The molecule has 0 aromatic heterocycles. The SMILES string of the molecule is CC(=O)c1ccc(OCCCCCOCC(=O)O)cc1. The van der Waals surface area contributed by atoms with E-state index in [9.17, 15) is 9.59 Å². The zero-order chi connectivity index (χ0) is 14.8. The van der Waals surface area contributed by atoms with Crippen LogP contribution in [0.1, 0.15) is 36.5 Å². The average Bonchev–Trinajstić information content (AvgIpc) is 2.42. The monoisotopic (exact) mass is 280 g/mol. The Kier molecular flexibility index (Phi) is 7.35. The van der Waals surface area contributed by atoms with E-state index in [-0.39, 0.29) is 12.4 Å². The molecule has 0 aliphatic carbocycles. The fraction of sp³-hybridized carbons (Fsp3) is 0.467. The molecule has 0 aliphatic heterocycles. The second kappa shape index (κ2) is 9.09. The Morgan fingerprint density at radius 2 is 1.70 bits per heavy atom. The van der Waals surface area contributed by atoms with Gasteiger partial charge in [-0.1, -0.05) is 0 Å². The van der Waals surface area contributed by atoms with Crippen LogP contribution in [0.3, 0.4) is 0 Å². The number of aliphatic carboxylic acids is 1. The number of carbonyl (C=O) groups is 2. The van der Waals surface area contributed by atoms with E-state index in [0.717, 1.165) is 25.0 Å². The van der Waals surface area contributed by atoms with Gasteiger partial charge in [0.1, 0.15) is 12.4 Å². The number of Topliss-reactive ketones (excluding diaryl/α,β-unsaturated/α-hetero) is 1. The fourth-order valence-electron chi connectivity index (χ4n) is 1.62. The topological polar surface area (TPSA) is 72.8 Å². The number of hydrogen-bond acceptors (Lipinski definition) is 4. The molecule has 0 fully saturated rings. The minimum atomic E-state index is -0.942.